The van der Waals surface area contributed by atoms with Crippen LogP contribution in [-0.2, 0) is 0 Å². The molecule has 0 saturated carbocycles. The largest absolute Gasteiger partial charge is 0.245 e. The summed E-state index contributed by atoms with van der Waals surface area (Å²) in [5, 5.41) is 4.42. The highest BCUT2D eigenvalue weighted by Crippen LogP contribution is 2.38. The highest BCUT2D eigenvalue weighted by atomic mass is 14.8. The van der Waals surface area contributed by atoms with E-state index in [1.807, 2.05) is 42.5 Å². The molecule has 242 valence electrons. The average Bonchev–Trinajstić information content (AvgIpc) is 3.23. The van der Waals surface area contributed by atoms with Gasteiger partial charge in [-0.1, -0.05) is 158 Å². The lowest BCUT2D eigenvalue weighted by molar-refractivity contribution is 1.29. The van der Waals surface area contributed by atoms with Crippen LogP contribution < -0.4 is 0 Å². The molecule has 4 heteroatoms. The Morgan fingerprint density at radius 1 is 0.288 bits per heavy atom. The van der Waals surface area contributed by atoms with Crippen LogP contribution in [0.4, 0.5) is 0 Å². The third-order valence-corrected chi connectivity index (χ3v) is 9.84. The number of nitrogens with zero attached hydrogens (tertiary/aromatic N) is 4. The first kappa shape index (κ1) is 29.8. The summed E-state index contributed by atoms with van der Waals surface area (Å²) < 4.78 is 0. The van der Waals surface area contributed by atoms with E-state index in [2.05, 4.69) is 140 Å². The predicted molar refractivity (Wildman–Crippen MR) is 215 cm³/mol. The summed E-state index contributed by atoms with van der Waals surface area (Å²) in [6.45, 7) is 0. The Morgan fingerprint density at radius 2 is 0.827 bits per heavy atom. The molecule has 3 aromatic heterocycles. The van der Waals surface area contributed by atoms with Gasteiger partial charge >= 0.3 is 0 Å². The van der Waals surface area contributed by atoms with E-state index in [4.69, 9.17) is 19.9 Å². The summed E-state index contributed by atoms with van der Waals surface area (Å²) in [6.07, 6.45) is 0. The Bertz CT molecular complexity index is 2940. The van der Waals surface area contributed by atoms with Crippen molar-refractivity contribution in [2.45, 2.75) is 0 Å². The lowest BCUT2D eigenvalue weighted by Crippen LogP contribution is -1.97. The van der Waals surface area contributed by atoms with Gasteiger partial charge in [-0.3, -0.25) is 0 Å². The van der Waals surface area contributed by atoms with Crippen LogP contribution in [0.3, 0.4) is 0 Å². The Morgan fingerprint density at radius 3 is 1.48 bits per heavy atom. The third-order valence-electron chi connectivity index (χ3n) is 9.84. The van der Waals surface area contributed by atoms with Gasteiger partial charge in [0.25, 0.3) is 0 Å². The summed E-state index contributed by atoms with van der Waals surface area (Å²) in [7, 11) is 0. The summed E-state index contributed by atoms with van der Waals surface area (Å²) >= 11 is 0. The first-order valence-corrected chi connectivity index (χ1v) is 17.5. The smallest absolute Gasteiger partial charge is 0.0973 e. The van der Waals surface area contributed by atoms with E-state index in [0.29, 0.717) is 0 Å². The molecule has 0 aliphatic heterocycles. The van der Waals surface area contributed by atoms with Gasteiger partial charge in [-0.05, 0) is 40.6 Å². The fourth-order valence-corrected chi connectivity index (χ4v) is 7.27. The maximum absolute atomic E-state index is 5.37. The van der Waals surface area contributed by atoms with Gasteiger partial charge in [0, 0.05) is 38.6 Å². The highest BCUT2D eigenvalue weighted by molar-refractivity contribution is 6.06. The minimum absolute atomic E-state index is 0.862. The number of rotatable bonds is 5. The monoisotopic (exact) mass is 662 g/mol. The molecule has 10 aromatic rings. The van der Waals surface area contributed by atoms with Crippen LogP contribution in [0, 0.1) is 0 Å². The molecule has 0 aliphatic carbocycles. The zero-order chi connectivity index (χ0) is 34.4. The maximum Gasteiger partial charge on any atom is 0.0973 e. The molecule has 0 fully saturated rings. The first-order chi connectivity index (χ1) is 25.8. The quantitative estimate of drug-likeness (QED) is 0.172. The SMILES string of the molecule is c1ccc(-c2ccc3ccc4ccc(-c5ccc6c(-c7cccc8nc(-c9ccccc9)c(-c9ccccc9)nc78)cccc6c5)nc4c3n2)cc1. The van der Waals surface area contributed by atoms with E-state index in [9.17, 15) is 0 Å². The zero-order valence-corrected chi connectivity index (χ0v) is 28.1. The molecule has 0 spiro atoms. The van der Waals surface area contributed by atoms with E-state index < -0.39 is 0 Å². The van der Waals surface area contributed by atoms with Gasteiger partial charge in [-0.15, -0.1) is 0 Å². The second-order valence-corrected chi connectivity index (χ2v) is 13.0. The number of benzene rings is 7. The molecule has 0 unspecified atom stereocenters. The fourth-order valence-electron chi connectivity index (χ4n) is 7.27. The van der Waals surface area contributed by atoms with Crippen molar-refractivity contribution in [3.8, 4) is 56.2 Å². The Hall–Kier alpha value is -7.04. The molecule has 0 aliphatic rings. The van der Waals surface area contributed by atoms with Gasteiger partial charge in [0.05, 0.1) is 44.8 Å². The number of hydrogen-bond acceptors (Lipinski definition) is 4. The van der Waals surface area contributed by atoms with E-state index >= 15 is 0 Å². The summed E-state index contributed by atoms with van der Waals surface area (Å²) in [5.41, 5.74) is 13.5. The van der Waals surface area contributed by atoms with Crippen molar-refractivity contribution < 1.29 is 0 Å². The van der Waals surface area contributed by atoms with Gasteiger partial charge < -0.3 is 0 Å². The van der Waals surface area contributed by atoms with Crippen LogP contribution in [0.15, 0.2) is 182 Å². The van der Waals surface area contributed by atoms with Crippen molar-refractivity contribution in [2.75, 3.05) is 0 Å². The second-order valence-electron chi connectivity index (χ2n) is 13.0. The lowest BCUT2D eigenvalue weighted by atomic mass is 9.95. The van der Waals surface area contributed by atoms with Gasteiger partial charge in [-0.2, -0.15) is 0 Å². The van der Waals surface area contributed by atoms with Crippen molar-refractivity contribution >= 4 is 43.6 Å². The molecule has 4 nitrogen and oxygen atoms in total. The van der Waals surface area contributed by atoms with E-state index in [0.717, 1.165) is 99.8 Å². The molecule has 0 saturated heterocycles. The molecule has 0 amide bonds. The van der Waals surface area contributed by atoms with Crippen molar-refractivity contribution in [1.82, 2.24) is 19.9 Å². The molecular weight excluding hydrogens is 633 g/mol. The molecule has 3 heterocycles. The second kappa shape index (κ2) is 12.4. The molecule has 0 atom stereocenters. The number of fused-ring (bicyclic) bond motifs is 5. The van der Waals surface area contributed by atoms with Gasteiger partial charge in [0.15, 0.2) is 0 Å². The zero-order valence-electron chi connectivity index (χ0n) is 28.1. The average molecular weight is 663 g/mol. The minimum Gasteiger partial charge on any atom is -0.245 e. The number of hydrogen-bond donors (Lipinski definition) is 0. The summed E-state index contributed by atoms with van der Waals surface area (Å²) in [6, 6.07) is 63.1. The summed E-state index contributed by atoms with van der Waals surface area (Å²) in [4.78, 5) is 20.9. The minimum atomic E-state index is 0.862. The Kier molecular flexibility index (Phi) is 7.10. The van der Waals surface area contributed by atoms with E-state index in [1.54, 1.807) is 0 Å². The molecule has 0 radical (unpaired) electrons. The van der Waals surface area contributed by atoms with Crippen molar-refractivity contribution in [3.05, 3.63) is 182 Å². The van der Waals surface area contributed by atoms with Crippen molar-refractivity contribution in [2.24, 2.45) is 0 Å². The third kappa shape index (κ3) is 5.17. The normalized spacial score (nSPS) is 11.5. The number of pyridine rings is 2. The standard InChI is InChI=1S/C48H30N4/c1-4-12-31(13-5-1)41-28-25-34-22-23-35-26-29-42(50-46(35)45(34)49-41)37-24-27-38-36(30-37)18-10-19-39(38)40-20-11-21-43-48(40)52-47(33-16-8-3-9-17-33)44(51-43)32-14-6-2-7-15-32/h1-30H. The van der Waals surface area contributed by atoms with Crippen LogP contribution in [0.1, 0.15) is 0 Å². The Balaban J connectivity index is 1.10. The molecule has 7 aromatic carbocycles. The van der Waals surface area contributed by atoms with E-state index in [-0.39, 0.29) is 0 Å². The van der Waals surface area contributed by atoms with Crippen molar-refractivity contribution in [3.63, 3.8) is 0 Å². The molecule has 52 heavy (non-hydrogen) atoms. The summed E-state index contributed by atoms with van der Waals surface area (Å²) in [5.74, 6) is 0. The molecule has 0 bridgehead atoms. The van der Waals surface area contributed by atoms with Gasteiger partial charge in [-0.25, -0.2) is 19.9 Å². The number of para-hydroxylation sites is 1. The first-order valence-electron chi connectivity index (χ1n) is 17.5. The van der Waals surface area contributed by atoms with Crippen LogP contribution >= 0.6 is 0 Å². The van der Waals surface area contributed by atoms with Gasteiger partial charge in [0.2, 0.25) is 0 Å². The topological polar surface area (TPSA) is 51.6 Å². The van der Waals surface area contributed by atoms with Crippen LogP contribution in [0.2, 0.25) is 0 Å². The van der Waals surface area contributed by atoms with E-state index in [1.165, 1.54) is 0 Å². The molecule has 0 N–H and O–H groups in total. The van der Waals surface area contributed by atoms with Crippen LogP contribution in [-0.4, -0.2) is 19.9 Å². The van der Waals surface area contributed by atoms with Crippen LogP contribution in [0.5, 0.6) is 0 Å². The highest BCUT2D eigenvalue weighted by Gasteiger charge is 2.17. The van der Waals surface area contributed by atoms with Gasteiger partial charge in [0.1, 0.15) is 0 Å². The van der Waals surface area contributed by atoms with Crippen LogP contribution in [0.25, 0.3) is 99.8 Å². The molecule has 10 rings (SSSR count). The lowest BCUT2D eigenvalue weighted by Gasteiger charge is -2.14. The molecular formula is C48H30N4. The number of aromatic nitrogens is 4. The predicted octanol–water partition coefficient (Wildman–Crippen LogP) is 12.2. The Labute approximate surface area is 300 Å². The van der Waals surface area contributed by atoms with Crippen molar-refractivity contribution in [1.29, 1.82) is 0 Å². The maximum atomic E-state index is 5.37. The fraction of sp³-hybridized carbons (Fsp3) is 0.